The maximum Gasteiger partial charge on any atom is 0.409 e. The van der Waals surface area contributed by atoms with Gasteiger partial charge in [0.25, 0.3) is 0 Å². The standard InChI is InChI=1S/C14H23F3N6O/c1-24-12-6-11(7-21-4-2-3-5-21)22(8-12)9-13-18-20-23(19-13)10-14(15,16)17/h11-12H,2-10H2,1H3/t11-,12-/m0/s1. The van der Waals surface area contributed by atoms with E-state index in [-0.39, 0.29) is 6.10 Å². The van der Waals surface area contributed by atoms with Crippen molar-refractivity contribution < 1.29 is 17.9 Å². The Kier molecular flexibility index (Phi) is 5.36. The Labute approximate surface area is 138 Å². The molecule has 0 spiro atoms. The topological polar surface area (TPSA) is 59.3 Å². The number of ether oxygens (including phenoxy) is 1. The fraction of sp³-hybridized carbons (Fsp3) is 0.929. The molecule has 3 rings (SSSR count). The molecule has 2 fully saturated rings. The van der Waals surface area contributed by atoms with E-state index in [4.69, 9.17) is 4.74 Å². The van der Waals surface area contributed by atoms with Gasteiger partial charge in [0, 0.05) is 26.2 Å². The van der Waals surface area contributed by atoms with Crippen molar-refractivity contribution >= 4 is 0 Å². The van der Waals surface area contributed by atoms with Crippen molar-refractivity contribution in [2.75, 3.05) is 33.3 Å². The van der Waals surface area contributed by atoms with Gasteiger partial charge in [-0.15, -0.1) is 10.2 Å². The molecule has 1 aromatic heterocycles. The van der Waals surface area contributed by atoms with Gasteiger partial charge in [-0.05, 0) is 37.6 Å². The van der Waals surface area contributed by atoms with E-state index in [2.05, 4.69) is 25.2 Å². The van der Waals surface area contributed by atoms with Gasteiger partial charge in [-0.1, -0.05) is 0 Å². The number of alkyl halides is 3. The summed E-state index contributed by atoms with van der Waals surface area (Å²) in [6.45, 7) is 3.11. The summed E-state index contributed by atoms with van der Waals surface area (Å²) in [5.74, 6) is 0.322. The summed E-state index contributed by atoms with van der Waals surface area (Å²) in [7, 11) is 1.69. The number of hydrogen-bond acceptors (Lipinski definition) is 6. The van der Waals surface area contributed by atoms with E-state index in [1.807, 2.05) is 0 Å². The number of aromatic nitrogens is 4. The number of hydrogen-bond donors (Lipinski definition) is 0. The molecular weight excluding hydrogens is 325 g/mol. The molecule has 0 radical (unpaired) electrons. The van der Waals surface area contributed by atoms with E-state index in [0.717, 1.165) is 32.6 Å². The Morgan fingerprint density at radius 2 is 2.00 bits per heavy atom. The Balaban J connectivity index is 1.60. The summed E-state index contributed by atoms with van der Waals surface area (Å²) < 4.78 is 42.6. The molecular formula is C14H23F3N6O. The van der Waals surface area contributed by atoms with Crippen LogP contribution in [0.5, 0.6) is 0 Å². The summed E-state index contributed by atoms with van der Waals surface area (Å²) in [6, 6.07) is 0.308. The number of likely N-dealkylation sites (tertiary alicyclic amines) is 2. The molecule has 136 valence electrons. The second-order valence-corrected chi connectivity index (χ2v) is 6.54. The first kappa shape index (κ1) is 17.6. The van der Waals surface area contributed by atoms with Crippen LogP contribution in [0.3, 0.4) is 0 Å². The quantitative estimate of drug-likeness (QED) is 0.762. The van der Waals surface area contributed by atoms with Crippen LogP contribution in [-0.2, 0) is 17.8 Å². The van der Waals surface area contributed by atoms with Crippen molar-refractivity contribution in [2.24, 2.45) is 0 Å². The Morgan fingerprint density at radius 1 is 1.25 bits per heavy atom. The number of nitrogens with zero attached hydrogens (tertiary/aromatic N) is 6. The van der Waals surface area contributed by atoms with Crippen LogP contribution in [0, 0.1) is 0 Å². The van der Waals surface area contributed by atoms with E-state index in [0.29, 0.717) is 23.2 Å². The zero-order chi connectivity index (χ0) is 17.2. The molecule has 0 saturated carbocycles. The molecule has 2 atom stereocenters. The maximum atomic E-state index is 12.4. The first-order chi connectivity index (χ1) is 11.4. The fourth-order valence-electron chi connectivity index (χ4n) is 3.50. The van der Waals surface area contributed by atoms with E-state index < -0.39 is 12.7 Å². The molecule has 0 N–H and O–H groups in total. The summed E-state index contributed by atoms with van der Waals surface area (Å²) >= 11 is 0. The second kappa shape index (κ2) is 7.32. The molecule has 2 aliphatic heterocycles. The fourth-order valence-corrected chi connectivity index (χ4v) is 3.50. The molecule has 2 aliphatic rings. The molecule has 2 saturated heterocycles. The molecule has 3 heterocycles. The molecule has 10 heteroatoms. The van der Waals surface area contributed by atoms with Gasteiger partial charge in [0.05, 0.1) is 12.6 Å². The monoisotopic (exact) mass is 348 g/mol. The van der Waals surface area contributed by atoms with Crippen molar-refractivity contribution in [1.82, 2.24) is 30.0 Å². The Morgan fingerprint density at radius 3 is 2.67 bits per heavy atom. The molecule has 7 nitrogen and oxygen atoms in total. The average Bonchev–Trinajstić information content (AvgIpc) is 3.21. The van der Waals surface area contributed by atoms with E-state index in [1.165, 1.54) is 12.8 Å². The molecule has 24 heavy (non-hydrogen) atoms. The van der Waals surface area contributed by atoms with Crippen LogP contribution in [0.25, 0.3) is 0 Å². The first-order valence-corrected chi connectivity index (χ1v) is 8.25. The van der Waals surface area contributed by atoms with Gasteiger partial charge >= 0.3 is 6.18 Å². The SMILES string of the molecule is CO[C@H]1C[C@@H](CN2CCCC2)N(Cc2nnn(CC(F)(F)F)n2)C1. The van der Waals surface area contributed by atoms with Crippen LogP contribution in [0.1, 0.15) is 25.1 Å². The van der Waals surface area contributed by atoms with Crippen LogP contribution >= 0.6 is 0 Å². The summed E-state index contributed by atoms with van der Waals surface area (Å²) in [5.41, 5.74) is 0. The third-order valence-corrected chi connectivity index (χ3v) is 4.65. The molecule has 0 amide bonds. The average molecular weight is 348 g/mol. The lowest BCUT2D eigenvalue weighted by Crippen LogP contribution is -2.39. The molecule has 0 bridgehead atoms. The lowest BCUT2D eigenvalue weighted by atomic mass is 10.2. The van der Waals surface area contributed by atoms with Crippen LogP contribution in [0.4, 0.5) is 13.2 Å². The zero-order valence-electron chi connectivity index (χ0n) is 13.7. The molecule has 0 aliphatic carbocycles. The minimum absolute atomic E-state index is 0.142. The molecule has 1 aromatic rings. The summed E-state index contributed by atoms with van der Waals surface area (Å²) in [5, 5.41) is 11.1. The van der Waals surface area contributed by atoms with Crippen molar-refractivity contribution in [2.45, 2.75) is 50.7 Å². The van der Waals surface area contributed by atoms with Crippen molar-refractivity contribution in [3.8, 4) is 0 Å². The number of halogens is 3. The highest BCUT2D eigenvalue weighted by atomic mass is 19.4. The van der Waals surface area contributed by atoms with Crippen LogP contribution < -0.4 is 0 Å². The van der Waals surface area contributed by atoms with Gasteiger partial charge in [-0.2, -0.15) is 18.0 Å². The predicted molar refractivity (Wildman–Crippen MR) is 79.2 cm³/mol. The third kappa shape index (κ3) is 4.64. The first-order valence-electron chi connectivity index (χ1n) is 8.25. The smallest absolute Gasteiger partial charge is 0.380 e. The maximum absolute atomic E-state index is 12.4. The highest BCUT2D eigenvalue weighted by molar-refractivity contribution is 4.91. The number of methoxy groups -OCH3 is 1. The lowest BCUT2D eigenvalue weighted by molar-refractivity contribution is -0.145. The van der Waals surface area contributed by atoms with Gasteiger partial charge in [-0.3, -0.25) is 4.90 Å². The highest BCUT2D eigenvalue weighted by Gasteiger charge is 2.35. The van der Waals surface area contributed by atoms with Gasteiger partial charge in [0.15, 0.2) is 12.4 Å². The van der Waals surface area contributed by atoms with Crippen molar-refractivity contribution in [1.29, 1.82) is 0 Å². The highest BCUT2D eigenvalue weighted by Crippen LogP contribution is 2.24. The zero-order valence-corrected chi connectivity index (χ0v) is 13.7. The van der Waals surface area contributed by atoms with Crippen LogP contribution in [0.2, 0.25) is 0 Å². The predicted octanol–water partition coefficient (Wildman–Crippen LogP) is 0.920. The summed E-state index contributed by atoms with van der Waals surface area (Å²) in [4.78, 5) is 5.24. The van der Waals surface area contributed by atoms with E-state index >= 15 is 0 Å². The van der Waals surface area contributed by atoms with Gasteiger partial charge < -0.3 is 9.64 Å². The molecule has 0 aromatic carbocycles. The number of rotatable bonds is 6. The normalized spacial score (nSPS) is 26.5. The van der Waals surface area contributed by atoms with Crippen LogP contribution in [-0.4, -0.2) is 81.6 Å². The Bertz CT molecular complexity index is 531. The van der Waals surface area contributed by atoms with Crippen molar-refractivity contribution in [3.05, 3.63) is 5.82 Å². The van der Waals surface area contributed by atoms with Gasteiger partial charge in [0.1, 0.15) is 0 Å². The van der Waals surface area contributed by atoms with Gasteiger partial charge in [-0.25, -0.2) is 0 Å². The van der Waals surface area contributed by atoms with E-state index in [9.17, 15) is 13.2 Å². The van der Waals surface area contributed by atoms with Crippen molar-refractivity contribution in [3.63, 3.8) is 0 Å². The molecule has 0 unspecified atom stereocenters. The van der Waals surface area contributed by atoms with Crippen LogP contribution in [0.15, 0.2) is 0 Å². The minimum atomic E-state index is -4.34. The van der Waals surface area contributed by atoms with Gasteiger partial charge in [0.2, 0.25) is 0 Å². The minimum Gasteiger partial charge on any atom is -0.380 e. The number of tetrazole rings is 1. The van der Waals surface area contributed by atoms with E-state index in [1.54, 1.807) is 7.11 Å². The lowest BCUT2D eigenvalue weighted by Gasteiger charge is -2.27. The Hall–Kier alpha value is -1.26. The summed E-state index contributed by atoms with van der Waals surface area (Å²) in [6.07, 6.45) is -0.821. The third-order valence-electron chi connectivity index (χ3n) is 4.65. The second-order valence-electron chi connectivity index (χ2n) is 6.54. The largest absolute Gasteiger partial charge is 0.409 e.